The summed E-state index contributed by atoms with van der Waals surface area (Å²) < 4.78 is 41.4. The van der Waals surface area contributed by atoms with Gasteiger partial charge in [-0.15, -0.1) is 11.8 Å². The lowest BCUT2D eigenvalue weighted by atomic mass is 10.0. The topological polar surface area (TPSA) is 75.3 Å². The van der Waals surface area contributed by atoms with E-state index >= 15 is 0 Å². The molecule has 0 radical (unpaired) electrons. The van der Waals surface area contributed by atoms with Gasteiger partial charge in [0.25, 0.3) is 0 Å². The second kappa shape index (κ2) is 10.8. The van der Waals surface area contributed by atoms with E-state index < -0.39 is 27.8 Å². The van der Waals surface area contributed by atoms with Crippen molar-refractivity contribution in [1.29, 1.82) is 0 Å². The van der Waals surface area contributed by atoms with Gasteiger partial charge in [0.2, 0.25) is 15.9 Å². The fourth-order valence-corrected chi connectivity index (χ4v) is 4.80. The summed E-state index contributed by atoms with van der Waals surface area (Å²) in [5, 5.41) is 2.90. The Labute approximate surface area is 192 Å². The maximum atomic E-state index is 13.2. The van der Waals surface area contributed by atoms with Crippen LogP contribution in [0.2, 0.25) is 0 Å². The Morgan fingerprint density at radius 2 is 1.59 bits per heavy atom. The number of nitrogens with one attached hydrogen (secondary N) is 2. The van der Waals surface area contributed by atoms with Crippen LogP contribution in [0.15, 0.2) is 88.7 Å². The van der Waals surface area contributed by atoms with Gasteiger partial charge >= 0.3 is 0 Å². The third-order valence-electron chi connectivity index (χ3n) is 5.00. The summed E-state index contributed by atoms with van der Waals surface area (Å²) in [4.78, 5) is 14.1. The molecule has 0 saturated heterocycles. The third-order valence-corrected chi connectivity index (χ3v) is 7.23. The Kier molecular flexibility index (Phi) is 8.06. The highest BCUT2D eigenvalue weighted by Crippen LogP contribution is 2.19. The number of benzene rings is 3. The summed E-state index contributed by atoms with van der Waals surface area (Å²) >= 11 is 1.63. The molecule has 8 heteroatoms. The zero-order chi connectivity index (χ0) is 23.1. The van der Waals surface area contributed by atoms with Crippen LogP contribution in [-0.4, -0.2) is 26.6 Å². The van der Waals surface area contributed by atoms with Crippen molar-refractivity contribution < 1.29 is 17.6 Å². The van der Waals surface area contributed by atoms with Crippen molar-refractivity contribution in [3.05, 3.63) is 95.8 Å². The molecule has 0 saturated carbocycles. The number of sulfonamides is 1. The van der Waals surface area contributed by atoms with Gasteiger partial charge in [0.05, 0.1) is 10.9 Å². The van der Waals surface area contributed by atoms with Gasteiger partial charge in [-0.2, -0.15) is 4.72 Å². The maximum Gasteiger partial charge on any atom is 0.241 e. The molecule has 0 spiro atoms. The monoisotopic (exact) mass is 472 g/mol. The summed E-state index contributed by atoms with van der Waals surface area (Å²) in [7, 11) is -4.03. The molecule has 2 atom stereocenters. The first-order valence-electron chi connectivity index (χ1n) is 10.0. The minimum absolute atomic E-state index is 0.106. The normalized spacial score (nSPS) is 13.3. The van der Waals surface area contributed by atoms with Gasteiger partial charge in [0, 0.05) is 4.90 Å². The molecule has 0 unspecified atom stereocenters. The fourth-order valence-electron chi connectivity index (χ4n) is 3.20. The first-order chi connectivity index (χ1) is 15.3. The molecule has 3 aromatic rings. The van der Waals surface area contributed by atoms with Crippen molar-refractivity contribution in [2.75, 3.05) is 6.26 Å². The van der Waals surface area contributed by atoms with Gasteiger partial charge in [-0.3, -0.25) is 4.79 Å². The second-order valence-corrected chi connectivity index (χ2v) is 9.91. The first-order valence-corrected chi connectivity index (χ1v) is 12.8. The number of carbonyl (C=O) groups is 1. The summed E-state index contributed by atoms with van der Waals surface area (Å²) in [6.45, 7) is 1.85. The molecule has 0 aliphatic rings. The van der Waals surface area contributed by atoms with Crippen LogP contribution in [0.25, 0.3) is 0 Å². The van der Waals surface area contributed by atoms with Crippen LogP contribution >= 0.6 is 11.8 Å². The molecule has 0 heterocycles. The maximum absolute atomic E-state index is 13.2. The Bertz CT molecular complexity index is 1140. The molecule has 0 aliphatic carbocycles. The van der Waals surface area contributed by atoms with Gasteiger partial charge in [-0.25, -0.2) is 12.8 Å². The van der Waals surface area contributed by atoms with Crippen molar-refractivity contribution in [1.82, 2.24) is 10.0 Å². The lowest BCUT2D eigenvalue weighted by Crippen LogP contribution is -2.48. The quantitative estimate of drug-likeness (QED) is 0.455. The van der Waals surface area contributed by atoms with Crippen LogP contribution in [0.4, 0.5) is 4.39 Å². The van der Waals surface area contributed by atoms with Crippen molar-refractivity contribution in [3.63, 3.8) is 0 Å². The highest BCUT2D eigenvalue weighted by molar-refractivity contribution is 7.98. The number of rotatable bonds is 9. The van der Waals surface area contributed by atoms with E-state index in [-0.39, 0.29) is 17.4 Å². The van der Waals surface area contributed by atoms with Crippen LogP contribution in [0.3, 0.4) is 0 Å². The molecule has 0 fully saturated rings. The summed E-state index contributed by atoms with van der Waals surface area (Å²) in [6, 6.07) is 20.1. The number of amides is 1. The number of hydrogen-bond acceptors (Lipinski definition) is 4. The average molecular weight is 473 g/mol. The van der Waals surface area contributed by atoms with Crippen LogP contribution in [0.1, 0.15) is 24.1 Å². The Hall–Kier alpha value is -2.68. The number of thioether (sulfide) groups is 1. The summed E-state index contributed by atoms with van der Waals surface area (Å²) in [5.41, 5.74) is 1.72. The molecule has 5 nitrogen and oxygen atoms in total. The van der Waals surface area contributed by atoms with E-state index in [1.165, 1.54) is 12.1 Å². The lowest BCUT2D eigenvalue weighted by molar-refractivity contribution is -0.123. The molecule has 0 aliphatic heterocycles. The summed E-state index contributed by atoms with van der Waals surface area (Å²) in [6.07, 6.45) is 2.16. The molecule has 3 rings (SSSR count). The highest BCUT2D eigenvalue weighted by atomic mass is 32.2. The van der Waals surface area contributed by atoms with Gasteiger partial charge < -0.3 is 5.32 Å². The zero-order valence-corrected chi connectivity index (χ0v) is 19.4. The standard InChI is InChI=1S/C24H25FN2O3S2/c1-17(19-8-12-21(31-2)13-9-19)26-24(28)23(16-18-6-4-3-5-7-18)27-32(29,30)22-14-10-20(25)11-15-22/h3-15,17,23,27H,16H2,1-2H3,(H,26,28)/t17-,23+/m0/s1. The van der Waals surface area contributed by atoms with E-state index in [1.807, 2.05) is 67.8 Å². The summed E-state index contributed by atoms with van der Waals surface area (Å²) in [5.74, 6) is -0.982. The SMILES string of the molecule is CSc1ccc([C@H](C)NC(=O)[C@@H](Cc2ccccc2)NS(=O)(=O)c2ccc(F)cc2)cc1. The van der Waals surface area contributed by atoms with Crippen molar-refractivity contribution in [2.24, 2.45) is 0 Å². The number of halogens is 1. The van der Waals surface area contributed by atoms with Gasteiger partial charge in [-0.05, 0) is 67.1 Å². The first kappa shape index (κ1) is 24.0. The Balaban J connectivity index is 1.81. The molecule has 168 valence electrons. The predicted molar refractivity (Wildman–Crippen MR) is 125 cm³/mol. The van der Waals surface area contributed by atoms with Crippen LogP contribution in [0, 0.1) is 5.82 Å². The van der Waals surface area contributed by atoms with E-state index in [1.54, 1.807) is 11.8 Å². The third kappa shape index (κ3) is 6.41. The molecular weight excluding hydrogens is 447 g/mol. The number of hydrogen-bond donors (Lipinski definition) is 2. The van der Waals surface area contributed by atoms with Gasteiger partial charge in [0.1, 0.15) is 11.9 Å². The zero-order valence-electron chi connectivity index (χ0n) is 17.8. The largest absolute Gasteiger partial charge is 0.348 e. The fraction of sp³-hybridized carbons (Fsp3) is 0.208. The minimum Gasteiger partial charge on any atom is -0.348 e. The highest BCUT2D eigenvalue weighted by Gasteiger charge is 2.27. The van der Waals surface area contributed by atoms with E-state index in [2.05, 4.69) is 10.0 Å². The molecule has 0 aromatic heterocycles. The molecular formula is C24H25FN2O3S2. The van der Waals surface area contributed by atoms with Crippen molar-refractivity contribution in [2.45, 2.75) is 35.2 Å². The molecule has 32 heavy (non-hydrogen) atoms. The lowest BCUT2D eigenvalue weighted by Gasteiger charge is -2.22. The molecule has 2 N–H and O–H groups in total. The number of carbonyl (C=O) groups excluding carboxylic acids is 1. The smallest absolute Gasteiger partial charge is 0.241 e. The molecule has 0 bridgehead atoms. The van der Waals surface area contributed by atoms with Crippen LogP contribution in [-0.2, 0) is 21.2 Å². The van der Waals surface area contributed by atoms with Gasteiger partial charge in [-0.1, -0.05) is 42.5 Å². The Morgan fingerprint density at radius 1 is 0.969 bits per heavy atom. The molecule has 1 amide bonds. The van der Waals surface area contributed by atoms with E-state index in [0.717, 1.165) is 28.2 Å². The van der Waals surface area contributed by atoms with Crippen molar-refractivity contribution >= 4 is 27.7 Å². The molecule has 3 aromatic carbocycles. The van der Waals surface area contributed by atoms with E-state index in [4.69, 9.17) is 0 Å². The minimum atomic E-state index is -4.03. The van der Waals surface area contributed by atoms with E-state index in [9.17, 15) is 17.6 Å². The average Bonchev–Trinajstić information content (AvgIpc) is 2.79. The predicted octanol–water partition coefficient (Wildman–Crippen LogP) is 4.31. The second-order valence-electron chi connectivity index (χ2n) is 7.32. The van der Waals surface area contributed by atoms with Gasteiger partial charge in [0.15, 0.2) is 0 Å². The Morgan fingerprint density at radius 3 is 2.19 bits per heavy atom. The van der Waals surface area contributed by atoms with Crippen LogP contribution in [0.5, 0.6) is 0 Å². The van der Waals surface area contributed by atoms with Crippen LogP contribution < -0.4 is 10.0 Å². The van der Waals surface area contributed by atoms with Crippen molar-refractivity contribution in [3.8, 4) is 0 Å². The van der Waals surface area contributed by atoms with E-state index in [0.29, 0.717) is 0 Å².